The molecule has 4 N–H and O–H groups in total. The predicted molar refractivity (Wildman–Crippen MR) is 223 cm³/mol. The van der Waals surface area contributed by atoms with Crippen LogP contribution in [0.1, 0.15) is 63.2 Å². The predicted octanol–water partition coefficient (Wildman–Crippen LogP) is 9.67. The van der Waals surface area contributed by atoms with Crippen molar-refractivity contribution in [2.24, 2.45) is 21.4 Å². The van der Waals surface area contributed by atoms with Crippen LogP contribution in [0.5, 0.6) is 0 Å². The van der Waals surface area contributed by atoms with E-state index in [1.54, 1.807) is 61.5 Å². The molecule has 0 saturated heterocycles. The zero-order valence-corrected chi connectivity index (χ0v) is 31.1. The van der Waals surface area contributed by atoms with Crippen LogP contribution in [0.15, 0.2) is 113 Å². The van der Waals surface area contributed by atoms with E-state index in [-0.39, 0.29) is 52.8 Å². The number of hydrogen-bond donors (Lipinski definition) is 3. The van der Waals surface area contributed by atoms with Crippen molar-refractivity contribution in [3.8, 4) is 0 Å². The fourth-order valence-electron chi connectivity index (χ4n) is 4.18. The highest BCUT2D eigenvalue weighted by molar-refractivity contribution is 6.47. The van der Waals surface area contributed by atoms with Gasteiger partial charge in [-0.15, -0.1) is 0 Å². The molecule has 58 heavy (non-hydrogen) atoms. The molecule has 0 unspecified atom stereocenters. The maximum absolute atomic E-state index is 13.1. The Morgan fingerprint density at radius 3 is 1.40 bits per heavy atom. The van der Waals surface area contributed by atoms with E-state index in [9.17, 15) is 23.2 Å². The summed E-state index contributed by atoms with van der Waals surface area (Å²) in [5, 5.41) is 16.9. The summed E-state index contributed by atoms with van der Waals surface area (Å²) in [4.78, 5) is 50.3. The number of hydrogen-bond acceptors (Lipinski definition) is 13. The summed E-state index contributed by atoms with van der Waals surface area (Å²) in [5.41, 5.74) is 4.40. The number of nitrogens with two attached hydrogens (primary N) is 1. The van der Waals surface area contributed by atoms with Gasteiger partial charge in [0.1, 0.15) is 49.1 Å². The van der Waals surface area contributed by atoms with E-state index in [1.807, 2.05) is 6.07 Å². The number of oxime groups is 3. The van der Waals surface area contributed by atoms with Crippen LogP contribution >= 0.6 is 11.9 Å². The van der Waals surface area contributed by atoms with Gasteiger partial charge in [0, 0.05) is 22.3 Å². The summed E-state index contributed by atoms with van der Waals surface area (Å²) >= 11 is 4.28. The topological polar surface area (TPSA) is 194 Å². The van der Waals surface area contributed by atoms with Gasteiger partial charge in [-0.25, -0.2) is 18.4 Å². The summed E-state index contributed by atoms with van der Waals surface area (Å²) in [6.07, 6.45) is -1.17. The van der Waals surface area contributed by atoms with E-state index in [0.717, 1.165) is 0 Å². The van der Waals surface area contributed by atoms with Gasteiger partial charge < -0.3 is 24.0 Å². The van der Waals surface area contributed by atoms with Crippen molar-refractivity contribution in [3.63, 3.8) is 0 Å². The van der Waals surface area contributed by atoms with Crippen LogP contribution in [0.25, 0.3) is 0 Å². The Kier molecular flexibility index (Phi) is 27.6. The lowest BCUT2D eigenvalue weighted by Gasteiger charge is -2.10. The molecule has 0 aliphatic rings. The lowest BCUT2D eigenvalue weighted by atomic mass is 10.1. The quantitative estimate of drug-likeness (QED) is 0.0663. The van der Waals surface area contributed by atoms with Gasteiger partial charge in [0.25, 0.3) is 0 Å². The van der Waals surface area contributed by atoms with Crippen molar-refractivity contribution < 1.29 is 51.5 Å². The van der Waals surface area contributed by atoms with Crippen molar-refractivity contribution in [2.75, 3.05) is 32.0 Å². The number of nitrogens with zero attached hydrogens (tertiary/aromatic N) is 3. The number of rotatable bonds is 13. The van der Waals surface area contributed by atoms with Crippen LogP contribution < -0.4 is 16.5 Å². The number of carbonyl (C=O) groups is 3. The van der Waals surface area contributed by atoms with Gasteiger partial charge in [0.2, 0.25) is 5.78 Å². The third-order valence-corrected chi connectivity index (χ3v) is 6.80. The minimum Gasteiger partial charge on any atom is -0.453 e. The first-order valence-electron chi connectivity index (χ1n) is 15.8. The first-order chi connectivity index (χ1) is 26.5. The van der Waals surface area contributed by atoms with Crippen LogP contribution in [0.3, 0.4) is 0 Å². The Morgan fingerprint density at radius 2 is 1.00 bits per heavy atom. The number of methoxy groups -OCH3 is 2. The highest BCUT2D eigenvalue weighted by Crippen LogP contribution is 2.18. The number of benzene rings is 4. The number of nitrogens with one attached hydrogen (secondary N) is 2. The number of Topliss-reactive ketones (excluding diaryl/α,β-unsaturated/α-hetero) is 1. The average molecular weight is 833 g/mol. The molecule has 0 aromatic heterocycles. The molecule has 0 atom stereocenters. The van der Waals surface area contributed by atoms with Gasteiger partial charge in [-0.05, 0) is 74.5 Å². The molecule has 0 aliphatic carbocycles. The standard InChI is InChI=1S/C19H20FN3O4.C18H17FN2O4.3CH4.ClH2NO/c1-13(18(23-26-3)14-8-10-16(20)11-9-14)22-27-12-15-6-4-5-7-17(15)21-19(24)25-2;1-12(17(22)13-7-9-15(19)10-8-13)21-25-11-14-5-3-4-6-16(14)20-18(23)24-2;;;;1-3-2/h4-11H,12H2,1-3H3,(H,21,24);3-10H,11H2,1-2H3,(H,20,23);3*1H4;2H2/b22-13+,23-18-;21-12+;;;;. The summed E-state index contributed by atoms with van der Waals surface area (Å²) in [6, 6.07) is 25.0. The van der Waals surface area contributed by atoms with Crippen molar-refractivity contribution in [3.05, 3.63) is 131 Å². The fourth-order valence-corrected chi connectivity index (χ4v) is 4.18. The summed E-state index contributed by atoms with van der Waals surface area (Å²) in [7, 11) is 3.96. The number of ether oxygens (including phenoxy) is 2. The van der Waals surface area contributed by atoms with Crippen LogP contribution in [-0.4, -0.2) is 56.4 Å². The second-order valence-corrected chi connectivity index (χ2v) is 10.7. The zero-order chi connectivity index (χ0) is 40.6. The summed E-state index contributed by atoms with van der Waals surface area (Å²) in [5.74, 6) is 2.98. The van der Waals surface area contributed by atoms with Gasteiger partial charge >= 0.3 is 12.2 Å². The third kappa shape index (κ3) is 18.9. The number of anilines is 2. The van der Waals surface area contributed by atoms with Gasteiger partial charge in [0.05, 0.1) is 37.5 Å². The minimum absolute atomic E-state index is 0. The molecule has 0 bridgehead atoms. The molecule has 2 amide bonds. The van der Waals surface area contributed by atoms with Gasteiger partial charge in [-0.2, -0.15) is 10.3 Å². The first-order valence-corrected chi connectivity index (χ1v) is 16.1. The summed E-state index contributed by atoms with van der Waals surface area (Å²) < 4.78 is 38.4. The number of amides is 2. The molecule has 4 aromatic carbocycles. The van der Waals surface area contributed by atoms with E-state index in [4.69, 9.17) is 14.5 Å². The Hall–Kier alpha value is -6.43. The van der Waals surface area contributed by atoms with E-state index < -0.39 is 18.0 Å². The first kappa shape index (κ1) is 53.7. The molecule has 4 rings (SSSR count). The molecule has 0 heterocycles. The molecule has 0 saturated carbocycles. The SMILES string of the molecule is C.C.C.CO/N=C(/C(C)=N/OCc1ccccc1NC(=O)OC)c1ccc(F)cc1.COC(=O)Nc1ccccc1CO/N=C(\C)C(=O)c1ccc(F)cc1.NOCl. The zero-order valence-electron chi connectivity index (χ0n) is 30.4. The minimum atomic E-state index is -0.599. The van der Waals surface area contributed by atoms with Crippen LogP contribution in [0.2, 0.25) is 0 Å². The Labute approximate surface area is 342 Å². The smallest absolute Gasteiger partial charge is 0.411 e. The molecular formula is C40H51ClF2N6O9. The molecule has 0 aliphatic heterocycles. The van der Waals surface area contributed by atoms with Crippen molar-refractivity contribution in [1.29, 1.82) is 0 Å². The van der Waals surface area contributed by atoms with Gasteiger partial charge in [-0.1, -0.05) is 74.1 Å². The van der Waals surface area contributed by atoms with Crippen molar-refractivity contribution in [1.82, 2.24) is 0 Å². The normalized spacial score (nSPS) is 10.5. The van der Waals surface area contributed by atoms with Crippen LogP contribution in [0, 0.1) is 11.6 Å². The molecule has 0 spiro atoms. The van der Waals surface area contributed by atoms with Gasteiger partial charge in [-0.3, -0.25) is 15.4 Å². The van der Waals surface area contributed by atoms with E-state index >= 15 is 0 Å². The molecular weight excluding hydrogens is 782 g/mol. The lowest BCUT2D eigenvalue weighted by molar-refractivity contribution is 0.103. The Balaban J connectivity index is 0. The molecule has 18 heteroatoms. The highest BCUT2D eigenvalue weighted by atomic mass is 35.5. The fraction of sp³-hybridized carbons (Fsp3) is 0.250. The maximum atomic E-state index is 13.1. The Morgan fingerprint density at radius 1 is 0.621 bits per heavy atom. The number of carbonyl (C=O) groups excluding carboxylic acids is 3. The Bertz CT molecular complexity index is 1930. The number of para-hydroxylation sites is 2. The monoisotopic (exact) mass is 832 g/mol. The molecule has 316 valence electrons. The van der Waals surface area contributed by atoms with E-state index in [2.05, 4.69) is 57.7 Å². The van der Waals surface area contributed by atoms with Crippen molar-refractivity contribution >= 4 is 58.3 Å². The van der Waals surface area contributed by atoms with Gasteiger partial charge in [0.15, 0.2) is 0 Å². The number of ketones is 1. The second-order valence-electron chi connectivity index (χ2n) is 10.5. The van der Waals surface area contributed by atoms with Crippen LogP contribution in [-0.2, 0) is 41.6 Å². The average Bonchev–Trinajstić information content (AvgIpc) is 3.19. The highest BCUT2D eigenvalue weighted by Gasteiger charge is 2.13. The molecule has 0 fully saturated rings. The molecule has 0 radical (unpaired) electrons. The third-order valence-electron chi connectivity index (χ3n) is 6.80. The van der Waals surface area contributed by atoms with Crippen LogP contribution in [0.4, 0.5) is 29.7 Å². The van der Waals surface area contributed by atoms with E-state index in [1.165, 1.54) is 64.7 Å². The largest absolute Gasteiger partial charge is 0.453 e. The summed E-state index contributed by atoms with van der Waals surface area (Å²) in [6.45, 7) is 3.36. The maximum Gasteiger partial charge on any atom is 0.411 e. The number of halogens is 3. The lowest BCUT2D eigenvalue weighted by Crippen LogP contribution is -2.14. The second kappa shape index (κ2) is 29.8. The molecule has 4 aromatic rings. The molecule has 15 nitrogen and oxygen atoms in total. The van der Waals surface area contributed by atoms with E-state index in [0.29, 0.717) is 45.1 Å². The van der Waals surface area contributed by atoms with Crippen molar-refractivity contribution in [2.45, 2.75) is 49.3 Å².